The SMILES string of the molecule is C[NH+](CCNC(=O)c1c[nH]c2ccc(S(=O)(=O)Nc3ccccc3F)cc2c1=O)Cc1ccccc1. The minimum Gasteiger partial charge on any atom is -0.360 e. The molecule has 0 saturated heterocycles. The van der Waals surface area contributed by atoms with Gasteiger partial charge >= 0.3 is 0 Å². The average Bonchev–Trinajstić information content (AvgIpc) is 2.86. The number of hydrogen-bond donors (Lipinski definition) is 4. The number of carbonyl (C=O) groups is 1. The molecule has 3 aromatic carbocycles. The zero-order chi connectivity index (χ0) is 25.7. The maximum Gasteiger partial charge on any atom is 0.262 e. The van der Waals surface area contributed by atoms with Crippen LogP contribution in [0.1, 0.15) is 15.9 Å². The average molecular weight is 510 g/mol. The van der Waals surface area contributed by atoms with Gasteiger partial charge in [-0.15, -0.1) is 0 Å². The second-order valence-electron chi connectivity index (χ2n) is 8.45. The van der Waals surface area contributed by atoms with E-state index in [2.05, 4.69) is 15.0 Å². The lowest BCUT2D eigenvalue weighted by molar-refractivity contribution is -0.892. The highest BCUT2D eigenvalue weighted by molar-refractivity contribution is 7.92. The smallest absolute Gasteiger partial charge is 0.262 e. The lowest BCUT2D eigenvalue weighted by Crippen LogP contribution is -3.08. The number of benzene rings is 3. The minimum absolute atomic E-state index is 0.0332. The van der Waals surface area contributed by atoms with E-state index in [1.54, 1.807) is 0 Å². The summed E-state index contributed by atoms with van der Waals surface area (Å²) in [5, 5.41) is 2.79. The highest BCUT2D eigenvalue weighted by atomic mass is 32.2. The number of para-hydroxylation sites is 1. The number of hydrogen-bond acceptors (Lipinski definition) is 4. The normalized spacial score (nSPS) is 12.3. The van der Waals surface area contributed by atoms with Crippen LogP contribution < -0.4 is 20.4 Å². The van der Waals surface area contributed by atoms with Gasteiger partial charge in [0.25, 0.3) is 15.9 Å². The Morgan fingerprint density at radius 2 is 1.75 bits per heavy atom. The number of pyridine rings is 1. The molecule has 4 N–H and O–H groups in total. The Balaban J connectivity index is 1.48. The van der Waals surface area contributed by atoms with Crippen LogP contribution in [-0.4, -0.2) is 39.4 Å². The monoisotopic (exact) mass is 509 g/mol. The summed E-state index contributed by atoms with van der Waals surface area (Å²) in [4.78, 5) is 29.6. The van der Waals surface area contributed by atoms with Crippen molar-refractivity contribution in [2.45, 2.75) is 11.4 Å². The topological polar surface area (TPSA) is 113 Å². The molecule has 36 heavy (non-hydrogen) atoms. The van der Waals surface area contributed by atoms with Gasteiger partial charge in [-0.3, -0.25) is 14.3 Å². The number of aromatic amines is 1. The zero-order valence-electron chi connectivity index (χ0n) is 19.5. The molecule has 1 unspecified atom stereocenters. The summed E-state index contributed by atoms with van der Waals surface area (Å²) in [6.45, 7) is 1.80. The van der Waals surface area contributed by atoms with Crippen molar-refractivity contribution in [2.24, 2.45) is 0 Å². The largest absolute Gasteiger partial charge is 0.360 e. The highest BCUT2D eigenvalue weighted by Crippen LogP contribution is 2.21. The van der Waals surface area contributed by atoms with Gasteiger partial charge in [-0.05, 0) is 30.3 Å². The standard InChI is InChI=1S/C26H25FN4O4S/c1-31(17-18-7-3-2-4-8-18)14-13-28-26(33)21-16-29-23-12-11-19(15-20(23)25(21)32)36(34,35)30-24-10-6-5-9-22(24)27/h2-12,15-16,30H,13-14,17H2,1H3,(H,28,33)(H,29,32)/p+1. The molecule has 1 heterocycles. The molecule has 0 spiro atoms. The van der Waals surface area contributed by atoms with Crippen LogP contribution >= 0.6 is 0 Å². The Hall–Kier alpha value is -4.02. The summed E-state index contributed by atoms with van der Waals surface area (Å²) in [5.41, 5.74) is 0.615. The molecule has 0 radical (unpaired) electrons. The third kappa shape index (κ3) is 5.78. The summed E-state index contributed by atoms with van der Waals surface area (Å²) in [7, 11) is -2.16. The van der Waals surface area contributed by atoms with Crippen molar-refractivity contribution in [1.82, 2.24) is 10.3 Å². The van der Waals surface area contributed by atoms with Gasteiger partial charge < -0.3 is 15.2 Å². The molecule has 4 rings (SSSR count). The van der Waals surface area contributed by atoms with Crippen LogP contribution in [0.25, 0.3) is 10.9 Å². The molecule has 0 fully saturated rings. The Morgan fingerprint density at radius 3 is 2.50 bits per heavy atom. The molecule has 0 bridgehead atoms. The van der Waals surface area contributed by atoms with Crippen molar-refractivity contribution in [3.05, 3.63) is 106 Å². The van der Waals surface area contributed by atoms with Crippen LogP contribution in [0.15, 0.2) is 88.7 Å². The molecule has 0 aliphatic heterocycles. The maximum absolute atomic E-state index is 13.9. The van der Waals surface area contributed by atoms with Gasteiger partial charge in [0, 0.05) is 22.7 Å². The van der Waals surface area contributed by atoms with Crippen molar-refractivity contribution in [2.75, 3.05) is 24.9 Å². The van der Waals surface area contributed by atoms with E-state index in [-0.39, 0.29) is 21.5 Å². The fourth-order valence-electron chi connectivity index (χ4n) is 3.80. The van der Waals surface area contributed by atoms with Crippen LogP contribution in [0, 0.1) is 5.82 Å². The fraction of sp³-hybridized carbons (Fsp3) is 0.154. The van der Waals surface area contributed by atoms with Gasteiger partial charge in [-0.25, -0.2) is 12.8 Å². The molecule has 1 atom stereocenters. The van der Waals surface area contributed by atoms with Crippen LogP contribution in [0.4, 0.5) is 10.1 Å². The van der Waals surface area contributed by atoms with Crippen LogP contribution in [0.5, 0.6) is 0 Å². The van der Waals surface area contributed by atoms with Gasteiger partial charge in [0.15, 0.2) is 0 Å². The Labute approximate surface area is 207 Å². The number of halogens is 1. The maximum atomic E-state index is 13.9. The summed E-state index contributed by atoms with van der Waals surface area (Å²) < 4.78 is 41.7. The van der Waals surface area contributed by atoms with Gasteiger partial charge in [0.05, 0.1) is 30.7 Å². The van der Waals surface area contributed by atoms with E-state index in [0.29, 0.717) is 18.6 Å². The zero-order valence-corrected chi connectivity index (χ0v) is 20.4. The predicted octanol–water partition coefficient (Wildman–Crippen LogP) is 1.91. The van der Waals surface area contributed by atoms with Gasteiger partial charge in [-0.1, -0.05) is 42.5 Å². The Kier molecular flexibility index (Phi) is 7.47. The molecule has 0 aliphatic rings. The molecule has 4 aromatic rings. The molecule has 10 heteroatoms. The molecule has 1 aromatic heterocycles. The number of carbonyl (C=O) groups excluding carboxylic acids is 1. The first-order valence-corrected chi connectivity index (χ1v) is 12.8. The summed E-state index contributed by atoms with van der Waals surface area (Å²) in [6, 6.07) is 19.2. The predicted molar refractivity (Wildman–Crippen MR) is 136 cm³/mol. The van der Waals surface area contributed by atoms with Crippen molar-refractivity contribution in [3.63, 3.8) is 0 Å². The summed E-state index contributed by atoms with van der Waals surface area (Å²) in [5.74, 6) is -1.28. The quantitative estimate of drug-likeness (QED) is 0.276. The van der Waals surface area contributed by atoms with Crippen LogP contribution in [0.2, 0.25) is 0 Å². The number of aromatic nitrogens is 1. The van der Waals surface area contributed by atoms with E-state index in [0.717, 1.165) is 12.6 Å². The number of rotatable bonds is 9. The third-order valence-corrected chi connectivity index (χ3v) is 7.07. The first kappa shape index (κ1) is 25.1. The van der Waals surface area contributed by atoms with Gasteiger partial charge in [0.2, 0.25) is 5.43 Å². The van der Waals surface area contributed by atoms with Crippen molar-refractivity contribution in [1.29, 1.82) is 0 Å². The van der Waals surface area contributed by atoms with Crippen molar-refractivity contribution < 1.29 is 22.5 Å². The molecule has 186 valence electrons. The molecule has 0 saturated carbocycles. The van der Waals surface area contributed by atoms with E-state index in [9.17, 15) is 22.4 Å². The molecule has 1 amide bonds. The Bertz CT molecular complexity index is 1560. The van der Waals surface area contributed by atoms with Crippen LogP contribution in [0.3, 0.4) is 0 Å². The van der Waals surface area contributed by atoms with Crippen molar-refractivity contribution in [3.8, 4) is 0 Å². The number of H-pyrrole nitrogens is 1. The van der Waals surface area contributed by atoms with Gasteiger partial charge in [0.1, 0.15) is 17.9 Å². The molecular weight excluding hydrogens is 483 g/mol. The molecular formula is C26H26FN4O4S+. The van der Waals surface area contributed by atoms with Gasteiger partial charge in [-0.2, -0.15) is 0 Å². The van der Waals surface area contributed by atoms with E-state index >= 15 is 0 Å². The minimum atomic E-state index is -4.17. The fourth-order valence-corrected chi connectivity index (χ4v) is 4.89. The lowest BCUT2D eigenvalue weighted by atomic mass is 10.1. The third-order valence-electron chi connectivity index (χ3n) is 5.71. The number of anilines is 1. The second kappa shape index (κ2) is 10.7. The first-order valence-electron chi connectivity index (χ1n) is 11.3. The van der Waals surface area contributed by atoms with E-state index in [1.165, 1.54) is 53.1 Å². The summed E-state index contributed by atoms with van der Waals surface area (Å²) in [6.07, 6.45) is 1.31. The molecule has 0 aliphatic carbocycles. The number of quaternary nitrogens is 1. The van der Waals surface area contributed by atoms with E-state index in [4.69, 9.17) is 0 Å². The second-order valence-corrected chi connectivity index (χ2v) is 10.1. The van der Waals surface area contributed by atoms with E-state index < -0.39 is 27.2 Å². The number of sulfonamides is 1. The molecule has 8 nitrogen and oxygen atoms in total. The number of likely N-dealkylation sites (N-methyl/N-ethyl adjacent to an activating group) is 1. The Morgan fingerprint density at radius 1 is 1.03 bits per heavy atom. The lowest BCUT2D eigenvalue weighted by Gasteiger charge is -2.14. The van der Waals surface area contributed by atoms with Crippen molar-refractivity contribution >= 4 is 32.5 Å². The van der Waals surface area contributed by atoms with E-state index in [1.807, 2.05) is 37.4 Å². The number of fused-ring (bicyclic) bond motifs is 1. The number of amides is 1. The summed E-state index contributed by atoms with van der Waals surface area (Å²) >= 11 is 0. The number of nitrogens with one attached hydrogen (secondary N) is 4. The first-order chi connectivity index (χ1) is 17.2. The van der Waals surface area contributed by atoms with Crippen LogP contribution in [-0.2, 0) is 16.6 Å². The highest BCUT2D eigenvalue weighted by Gasteiger charge is 2.19.